The van der Waals surface area contributed by atoms with Crippen LogP contribution >= 0.6 is 0 Å². The number of amides is 1. The van der Waals surface area contributed by atoms with Crippen molar-refractivity contribution in [2.24, 2.45) is 0 Å². The molecule has 4 aromatic rings. The molecule has 0 unspecified atom stereocenters. The highest BCUT2D eigenvalue weighted by atomic mass is 16.5. The van der Waals surface area contributed by atoms with Gasteiger partial charge in [0, 0.05) is 30.4 Å². The summed E-state index contributed by atoms with van der Waals surface area (Å²) in [5.41, 5.74) is 4.09. The lowest BCUT2D eigenvalue weighted by Gasteiger charge is -2.25. The first kappa shape index (κ1) is 22.7. The number of hydrogen-bond acceptors (Lipinski definition) is 6. The highest BCUT2D eigenvalue weighted by Gasteiger charge is 2.47. The van der Waals surface area contributed by atoms with Crippen LogP contribution in [-0.4, -0.2) is 34.0 Å². The smallest absolute Gasteiger partial charge is 0.242 e. The largest absolute Gasteiger partial charge is 0.480 e. The van der Waals surface area contributed by atoms with E-state index >= 15 is 0 Å². The van der Waals surface area contributed by atoms with Gasteiger partial charge < -0.3 is 10.1 Å². The maximum atomic E-state index is 13.7. The third-order valence-electron chi connectivity index (χ3n) is 6.27. The van der Waals surface area contributed by atoms with Crippen molar-refractivity contribution < 1.29 is 9.53 Å². The van der Waals surface area contributed by atoms with Crippen molar-refractivity contribution in [1.82, 2.24) is 20.3 Å². The molecule has 2 N–H and O–H groups in total. The van der Waals surface area contributed by atoms with Crippen LogP contribution in [0.15, 0.2) is 91.5 Å². The molecule has 1 saturated carbocycles. The molecule has 1 amide bonds. The maximum Gasteiger partial charge on any atom is 0.242 e. The van der Waals surface area contributed by atoms with Crippen LogP contribution in [0.3, 0.4) is 0 Å². The third kappa shape index (κ3) is 5.20. The second-order valence-electron chi connectivity index (χ2n) is 8.69. The Kier molecular flexibility index (Phi) is 6.50. The first-order valence-corrected chi connectivity index (χ1v) is 11.7. The summed E-state index contributed by atoms with van der Waals surface area (Å²) >= 11 is 0. The Bertz CT molecular complexity index is 1280. The van der Waals surface area contributed by atoms with Crippen molar-refractivity contribution in [2.75, 3.05) is 12.4 Å². The van der Waals surface area contributed by atoms with Gasteiger partial charge in [0.25, 0.3) is 0 Å². The van der Waals surface area contributed by atoms with Crippen LogP contribution in [0.2, 0.25) is 0 Å². The molecule has 1 fully saturated rings. The van der Waals surface area contributed by atoms with Crippen LogP contribution in [0.25, 0.3) is 11.1 Å². The van der Waals surface area contributed by atoms with Crippen molar-refractivity contribution in [3.05, 3.63) is 103 Å². The van der Waals surface area contributed by atoms with E-state index in [-0.39, 0.29) is 11.4 Å². The number of hydrogen-bond donors (Lipinski definition) is 2. The quantitative estimate of drug-likeness (QED) is 0.381. The number of rotatable bonds is 9. The summed E-state index contributed by atoms with van der Waals surface area (Å²) in [5, 5.41) is 6.70. The minimum Gasteiger partial charge on any atom is -0.480 e. The lowest BCUT2D eigenvalue weighted by molar-refractivity contribution is -0.118. The molecule has 5 rings (SSSR count). The summed E-state index contributed by atoms with van der Waals surface area (Å²) in [6.07, 6.45) is 9.39. The van der Waals surface area contributed by atoms with Gasteiger partial charge in [-0.1, -0.05) is 36.4 Å². The van der Waals surface area contributed by atoms with Gasteiger partial charge >= 0.3 is 0 Å². The van der Waals surface area contributed by atoms with Gasteiger partial charge in [-0.05, 0) is 60.7 Å². The number of aromatic nitrogens is 3. The van der Waals surface area contributed by atoms with Crippen LogP contribution in [-0.2, 0) is 16.8 Å². The van der Waals surface area contributed by atoms with Gasteiger partial charge in [-0.3, -0.25) is 20.1 Å². The number of ether oxygens (including phenoxy) is 1. The SMILES string of the molecule is COc1ncc(-c2ccncc2)cc1NC(=O)[C@H](Cc1ccccc1)NC1(c2ccccn2)CC1. The Labute approximate surface area is 204 Å². The molecule has 1 aliphatic carbocycles. The topological polar surface area (TPSA) is 89.0 Å². The molecule has 3 heterocycles. The molecule has 7 heteroatoms. The van der Waals surface area contributed by atoms with Crippen LogP contribution in [0.5, 0.6) is 5.88 Å². The summed E-state index contributed by atoms with van der Waals surface area (Å²) in [4.78, 5) is 26.7. The fourth-order valence-electron chi connectivity index (χ4n) is 4.26. The van der Waals surface area contributed by atoms with E-state index in [9.17, 15) is 4.79 Å². The van der Waals surface area contributed by atoms with Gasteiger partial charge in [-0.25, -0.2) is 4.98 Å². The molecule has 0 saturated heterocycles. The molecule has 1 atom stereocenters. The lowest BCUT2D eigenvalue weighted by Crippen LogP contribution is -2.47. The van der Waals surface area contributed by atoms with E-state index in [2.05, 4.69) is 25.6 Å². The van der Waals surface area contributed by atoms with Crippen molar-refractivity contribution >= 4 is 11.6 Å². The first-order valence-electron chi connectivity index (χ1n) is 11.7. The Hall–Kier alpha value is -4.10. The number of benzene rings is 1. The number of carbonyl (C=O) groups excluding carboxylic acids is 1. The Balaban J connectivity index is 1.43. The molecule has 7 nitrogen and oxygen atoms in total. The predicted octanol–water partition coefficient (Wildman–Crippen LogP) is 4.38. The molecule has 3 aromatic heterocycles. The maximum absolute atomic E-state index is 13.7. The van der Waals surface area contributed by atoms with E-state index in [1.165, 1.54) is 0 Å². The number of nitrogens with zero attached hydrogens (tertiary/aromatic N) is 3. The van der Waals surface area contributed by atoms with Crippen molar-refractivity contribution in [3.63, 3.8) is 0 Å². The van der Waals surface area contributed by atoms with Gasteiger partial charge in [0.1, 0.15) is 5.69 Å². The average Bonchev–Trinajstić information content (AvgIpc) is 3.70. The van der Waals surface area contributed by atoms with E-state index in [1.807, 2.05) is 66.7 Å². The highest BCUT2D eigenvalue weighted by molar-refractivity contribution is 5.96. The summed E-state index contributed by atoms with van der Waals surface area (Å²) in [7, 11) is 1.55. The second kappa shape index (κ2) is 10.0. The summed E-state index contributed by atoms with van der Waals surface area (Å²) < 4.78 is 5.45. The van der Waals surface area contributed by atoms with Crippen LogP contribution in [0.4, 0.5) is 5.69 Å². The minimum atomic E-state index is -0.476. The molecule has 0 aliphatic heterocycles. The summed E-state index contributed by atoms with van der Waals surface area (Å²) in [6.45, 7) is 0. The van der Waals surface area contributed by atoms with Gasteiger partial charge in [0.05, 0.1) is 24.4 Å². The van der Waals surface area contributed by atoms with Gasteiger partial charge in [0.2, 0.25) is 11.8 Å². The van der Waals surface area contributed by atoms with Crippen molar-refractivity contribution in [1.29, 1.82) is 0 Å². The molecule has 0 radical (unpaired) electrons. The fourth-order valence-corrected chi connectivity index (χ4v) is 4.26. The van der Waals surface area contributed by atoms with E-state index in [0.717, 1.165) is 35.2 Å². The lowest BCUT2D eigenvalue weighted by atomic mass is 10.0. The van der Waals surface area contributed by atoms with Crippen LogP contribution < -0.4 is 15.4 Å². The van der Waals surface area contributed by atoms with Crippen molar-refractivity contribution in [2.45, 2.75) is 30.8 Å². The predicted molar refractivity (Wildman–Crippen MR) is 135 cm³/mol. The second-order valence-corrected chi connectivity index (χ2v) is 8.69. The molecule has 35 heavy (non-hydrogen) atoms. The Morgan fingerprint density at radius 1 is 0.971 bits per heavy atom. The number of anilines is 1. The molecule has 0 bridgehead atoms. The molecular formula is C28H27N5O2. The van der Waals surface area contributed by atoms with E-state index in [1.54, 1.807) is 31.9 Å². The van der Waals surface area contributed by atoms with Crippen molar-refractivity contribution in [3.8, 4) is 17.0 Å². The van der Waals surface area contributed by atoms with Gasteiger partial charge in [-0.15, -0.1) is 0 Å². The molecule has 176 valence electrons. The zero-order valence-electron chi connectivity index (χ0n) is 19.5. The average molecular weight is 466 g/mol. The first-order chi connectivity index (χ1) is 17.2. The van der Waals surface area contributed by atoms with E-state index in [4.69, 9.17) is 4.74 Å². The van der Waals surface area contributed by atoms with E-state index in [0.29, 0.717) is 18.0 Å². The Morgan fingerprint density at radius 2 is 1.74 bits per heavy atom. The van der Waals surface area contributed by atoms with Crippen LogP contribution in [0, 0.1) is 0 Å². The number of carbonyl (C=O) groups is 1. The standard InChI is InChI=1S/C28H27N5O2/c1-35-27-24(18-22(19-31-27)21-10-15-29-16-11-21)32-26(34)23(17-20-7-3-2-4-8-20)33-28(12-13-28)25-9-5-6-14-30-25/h2-11,14-16,18-19,23,33H,12-13,17H2,1H3,(H,32,34)/t23-/m0/s1. The summed E-state index contributed by atoms with van der Waals surface area (Å²) in [5.74, 6) is 0.212. The van der Waals surface area contributed by atoms with Crippen LogP contribution in [0.1, 0.15) is 24.1 Å². The zero-order chi connectivity index (χ0) is 24.1. The number of methoxy groups -OCH3 is 1. The highest BCUT2D eigenvalue weighted by Crippen LogP contribution is 2.45. The monoisotopic (exact) mass is 465 g/mol. The molecule has 1 aromatic carbocycles. The molecule has 0 spiro atoms. The number of pyridine rings is 3. The zero-order valence-corrected chi connectivity index (χ0v) is 19.5. The van der Waals surface area contributed by atoms with Gasteiger partial charge in [0.15, 0.2) is 0 Å². The van der Waals surface area contributed by atoms with Gasteiger partial charge in [-0.2, -0.15) is 0 Å². The third-order valence-corrected chi connectivity index (χ3v) is 6.27. The number of nitrogens with one attached hydrogen (secondary N) is 2. The normalized spacial score (nSPS) is 14.7. The summed E-state index contributed by atoms with van der Waals surface area (Å²) in [6, 6.07) is 21.1. The fraction of sp³-hybridized carbons (Fsp3) is 0.214. The molecular weight excluding hydrogens is 438 g/mol. The van der Waals surface area contributed by atoms with E-state index < -0.39 is 6.04 Å². The Morgan fingerprint density at radius 3 is 2.43 bits per heavy atom. The minimum absolute atomic E-state index is 0.150. The molecule has 1 aliphatic rings.